The summed E-state index contributed by atoms with van der Waals surface area (Å²) < 4.78 is 7.08. The summed E-state index contributed by atoms with van der Waals surface area (Å²) in [5.41, 5.74) is 8.39. The van der Waals surface area contributed by atoms with Crippen LogP contribution in [-0.2, 0) is 13.1 Å². The maximum absolute atomic E-state index is 12.4. The van der Waals surface area contributed by atoms with Crippen molar-refractivity contribution in [1.29, 1.82) is 0 Å². The zero-order chi connectivity index (χ0) is 19.9. The SMILES string of the molecule is CCCCOc1nc(N)c2[nH]c(=O)n(Cc3ccc(CNCCC)nc3)c2n1. The number of rotatable bonds is 10. The van der Waals surface area contributed by atoms with Crippen molar-refractivity contribution in [2.75, 3.05) is 18.9 Å². The molecule has 0 saturated carbocycles. The van der Waals surface area contributed by atoms with Crippen LogP contribution >= 0.6 is 0 Å². The molecule has 0 unspecified atom stereocenters. The van der Waals surface area contributed by atoms with Crippen LogP contribution < -0.4 is 21.5 Å². The Morgan fingerprint density at radius 1 is 1.25 bits per heavy atom. The lowest BCUT2D eigenvalue weighted by molar-refractivity contribution is 0.286. The van der Waals surface area contributed by atoms with Crippen LogP contribution in [0.15, 0.2) is 23.1 Å². The number of pyridine rings is 1. The van der Waals surface area contributed by atoms with Crippen LogP contribution in [0.1, 0.15) is 44.4 Å². The number of fused-ring (bicyclic) bond motifs is 1. The van der Waals surface area contributed by atoms with E-state index in [-0.39, 0.29) is 17.5 Å². The van der Waals surface area contributed by atoms with Gasteiger partial charge in [0.25, 0.3) is 0 Å². The third-order valence-corrected chi connectivity index (χ3v) is 4.32. The number of nitrogens with two attached hydrogens (primary N) is 1. The number of ether oxygens (including phenoxy) is 1. The van der Waals surface area contributed by atoms with Gasteiger partial charge in [-0.3, -0.25) is 9.55 Å². The topological polar surface area (TPSA) is 124 Å². The summed E-state index contributed by atoms with van der Waals surface area (Å²) >= 11 is 0. The largest absolute Gasteiger partial charge is 0.463 e. The van der Waals surface area contributed by atoms with Crippen LogP contribution in [0.5, 0.6) is 6.01 Å². The molecule has 0 fully saturated rings. The minimum atomic E-state index is -0.296. The molecule has 0 atom stereocenters. The highest BCUT2D eigenvalue weighted by Gasteiger charge is 2.15. The highest BCUT2D eigenvalue weighted by atomic mass is 16.5. The molecule has 0 radical (unpaired) electrons. The third-order valence-electron chi connectivity index (χ3n) is 4.32. The van der Waals surface area contributed by atoms with E-state index < -0.39 is 0 Å². The standard InChI is InChI=1S/C19H27N7O2/c1-3-5-9-28-18-24-16(20)15-17(25-18)26(19(27)23-15)12-13-6-7-14(22-10-13)11-21-8-4-2/h6-7,10,21H,3-5,8-9,11-12H2,1-2H3,(H,23,27)(H2,20,24,25). The first-order valence-electron chi connectivity index (χ1n) is 9.65. The van der Waals surface area contributed by atoms with Crippen molar-refractivity contribution in [2.45, 2.75) is 46.2 Å². The first kappa shape index (κ1) is 19.8. The Kier molecular flexibility index (Phi) is 6.59. The number of imidazole rings is 1. The Hall–Kier alpha value is -2.94. The zero-order valence-electron chi connectivity index (χ0n) is 16.4. The minimum absolute atomic E-state index is 0.182. The van der Waals surface area contributed by atoms with Gasteiger partial charge < -0.3 is 20.8 Å². The lowest BCUT2D eigenvalue weighted by Crippen LogP contribution is -2.18. The van der Waals surface area contributed by atoms with Gasteiger partial charge in [-0.15, -0.1) is 0 Å². The Morgan fingerprint density at radius 2 is 2.11 bits per heavy atom. The molecule has 3 rings (SSSR count). The Morgan fingerprint density at radius 3 is 2.82 bits per heavy atom. The molecule has 3 heterocycles. The monoisotopic (exact) mass is 385 g/mol. The fourth-order valence-corrected chi connectivity index (χ4v) is 2.78. The summed E-state index contributed by atoms with van der Waals surface area (Å²) in [6.07, 6.45) is 4.75. The molecule has 3 aromatic heterocycles. The molecule has 0 aliphatic heterocycles. The maximum Gasteiger partial charge on any atom is 0.328 e. The first-order chi connectivity index (χ1) is 13.6. The van der Waals surface area contributed by atoms with E-state index in [0.29, 0.717) is 24.3 Å². The summed E-state index contributed by atoms with van der Waals surface area (Å²) in [7, 11) is 0. The normalized spacial score (nSPS) is 11.2. The zero-order valence-corrected chi connectivity index (χ0v) is 16.4. The molecule has 150 valence electrons. The van der Waals surface area contributed by atoms with Crippen LogP contribution in [0.2, 0.25) is 0 Å². The lowest BCUT2D eigenvalue weighted by Gasteiger charge is -2.07. The van der Waals surface area contributed by atoms with Crippen molar-refractivity contribution in [3.8, 4) is 6.01 Å². The van der Waals surface area contributed by atoms with Gasteiger partial charge in [-0.1, -0.05) is 26.3 Å². The fourth-order valence-electron chi connectivity index (χ4n) is 2.78. The molecule has 0 amide bonds. The third kappa shape index (κ3) is 4.66. The highest BCUT2D eigenvalue weighted by molar-refractivity contribution is 5.81. The van der Waals surface area contributed by atoms with Crippen LogP contribution in [0.4, 0.5) is 5.82 Å². The van der Waals surface area contributed by atoms with Crippen LogP contribution in [0.25, 0.3) is 11.2 Å². The predicted octanol–water partition coefficient (Wildman–Crippen LogP) is 1.82. The van der Waals surface area contributed by atoms with E-state index in [1.165, 1.54) is 4.57 Å². The summed E-state index contributed by atoms with van der Waals surface area (Å²) in [5.74, 6) is 0.197. The van der Waals surface area contributed by atoms with Gasteiger partial charge in [0.1, 0.15) is 5.52 Å². The van der Waals surface area contributed by atoms with Crippen LogP contribution in [0, 0.1) is 0 Å². The Bertz CT molecular complexity index is 963. The van der Waals surface area contributed by atoms with Gasteiger partial charge in [0.05, 0.1) is 18.8 Å². The molecule has 9 nitrogen and oxygen atoms in total. The molecule has 4 N–H and O–H groups in total. The van der Waals surface area contributed by atoms with E-state index in [1.807, 2.05) is 12.1 Å². The van der Waals surface area contributed by atoms with Crippen LogP contribution in [-0.4, -0.2) is 37.7 Å². The number of hydrogen-bond acceptors (Lipinski definition) is 7. The lowest BCUT2D eigenvalue weighted by atomic mass is 10.2. The molecule has 3 aromatic rings. The van der Waals surface area contributed by atoms with E-state index in [9.17, 15) is 4.79 Å². The van der Waals surface area contributed by atoms with Gasteiger partial charge in [0, 0.05) is 12.7 Å². The number of nitrogens with zero attached hydrogens (tertiary/aromatic N) is 4. The average molecular weight is 385 g/mol. The Labute approximate surface area is 163 Å². The molecule has 0 aliphatic carbocycles. The van der Waals surface area contributed by atoms with Gasteiger partial charge in [-0.05, 0) is 31.0 Å². The molecule has 9 heteroatoms. The van der Waals surface area contributed by atoms with Crippen molar-refractivity contribution in [1.82, 2.24) is 29.8 Å². The number of aromatic amines is 1. The van der Waals surface area contributed by atoms with Crippen molar-refractivity contribution in [2.24, 2.45) is 0 Å². The number of unbranched alkanes of at least 4 members (excludes halogenated alkanes) is 1. The van der Waals surface area contributed by atoms with E-state index in [0.717, 1.165) is 43.6 Å². The number of anilines is 1. The van der Waals surface area contributed by atoms with Crippen molar-refractivity contribution in [3.05, 3.63) is 40.1 Å². The second-order valence-electron chi connectivity index (χ2n) is 6.64. The molecule has 28 heavy (non-hydrogen) atoms. The molecule has 0 bridgehead atoms. The number of aromatic nitrogens is 5. The maximum atomic E-state index is 12.4. The van der Waals surface area contributed by atoms with Gasteiger partial charge in [0.15, 0.2) is 11.5 Å². The van der Waals surface area contributed by atoms with E-state index in [2.05, 4.69) is 39.1 Å². The molecular formula is C19H27N7O2. The number of hydrogen-bond donors (Lipinski definition) is 3. The highest BCUT2D eigenvalue weighted by Crippen LogP contribution is 2.18. The fraction of sp³-hybridized carbons (Fsp3) is 0.474. The molecular weight excluding hydrogens is 358 g/mol. The van der Waals surface area contributed by atoms with E-state index in [1.54, 1.807) is 6.20 Å². The molecule has 0 aliphatic rings. The van der Waals surface area contributed by atoms with E-state index in [4.69, 9.17) is 10.5 Å². The van der Waals surface area contributed by atoms with Crippen LogP contribution in [0.3, 0.4) is 0 Å². The van der Waals surface area contributed by atoms with Crippen molar-refractivity contribution in [3.63, 3.8) is 0 Å². The molecule has 0 saturated heterocycles. The second-order valence-corrected chi connectivity index (χ2v) is 6.64. The predicted molar refractivity (Wildman–Crippen MR) is 108 cm³/mol. The quantitative estimate of drug-likeness (QED) is 0.455. The van der Waals surface area contributed by atoms with Gasteiger partial charge in [-0.25, -0.2) is 4.79 Å². The van der Waals surface area contributed by atoms with Crippen molar-refractivity contribution < 1.29 is 4.74 Å². The number of nitrogens with one attached hydrogen (secondary N) is 2. The smallest absolute Gasteiger partial charge is 0.328 e. The summed E-state index contributed by atoms with van der Waals surface area (Å²) in [5, 5.41) is 3.32. The second kappa shape index (κ2) is 9.32. The molecule has 0 spiro atoms. The summed E-state index contributed by atoms with van der Waals surface area (Å²) in [4.78, 5) is 28.1. The van der Waals surface area contributed by atoms with E-state index >= 15 is 0 Å². The summed E-state index contributed by atoms with van der Waals surface area (Å²) in [6, 6.07) is 4.10. The number of H-pyrrole nitrogens is 1. The summed E-state index contributed by atoms with van der Waals surface area (Å²) in [6.45, 7) is 6.72. The number of nitrogen functional groups attached to an aromatic ring is 1. The van der Waals surface area contributed by atoms with Crippen molar-refractivity contribution >= 4 is 17.0 Å². The van der Waals surface area contributed by atoms with Gasteiger partial charge >= 0.3 is 11.7 Å². The van der Waals surface area contributed by atoms with Gasteiger partial charge in [0.2, 0.25) is 0 Å². The first-order valence-corrected chi connectivity index (χ1v) is 9.65. The Balaban J connectivity index is 1.82. The average Bonchev–Trinajstić information content (AvgIpc) is 3.00. The van der Waals surface area contributed by atoms with Gasteiger partial charge in [-0.2, -0.15) is 9.97 Å². The minimum Gasteiger partial charge on any atom is -0.463 e. The molecule has 0 aromatic carbocycles.